The first-order valence-corrected chi connectivity index (χ1v) is 12.8. The van der Waals surface area contributed by atoms with E-state index in [-0.39, 0.29) is 0 Å². The summed E-state index contributed by atoms with van der Waals surface area (Å²) in [5, 5.41) is 19.2. The van der Waals surface area contributed by atoms with Crippen LogP contribution in [-0.2, 0) is 22.4 Å². The van der Waals surface area contributed by atoms with E-state index in [1.165, 1.54) is 0 Å². The monoisotopic (exact) mass is 489 g/mol. The number of aromatic nitrogens is 7. The van der Waals surface area contributed by atoms with Crippen LogP contribution in [0.2, 0.25) is 0 Å². The standard InChI is InChI=1S/C27H35N7O2/c1-5-19(6-2)18-34-24(28-26(31-34)27(35-7-3)36-8-4)17-20-13-15-21(16-14-20)22-11-9-10-12-23(22)25-29-32-33-30-25/h9-16,19,27H,5-8,17-18H2,1-4H3,(H,29,30,32,33). The maximum absolute atomic E-state index is 5.77. The molecular weight excluding hydrogens is 454 g/mol. The number of nitrogens with one attached hydrogen (secondary N) is 1. The number of H-pyrrole nitrogens is 1. The lowest BCUT2D eigenvalue weighted by Gasteiger charge is -2.14. The third-order valence-electron chi connectivity index (χ3n) is 6.35. The summed E-state index contributed by atoms with van der Waals surface area (Å²) in [7, 11) is 0. The molecule has 0 fully saturated rings. The molecule has 1 N–H and O–H groups in total. The summed E-state index contributed by atoms with van der Waals surface area (Å²) in [6, 6.07) is 16.6. The van der Waals surface area contributed by atoms with Gasteiger partial charge in [-0.1, -0.05) is 75.2 Å². The summed E-state index contributed by atoms with van der Waals surface area (Å²) in [5.74, 6) is 2.70. The van der Waals surface area contributed by atoms with Gasteiger partial charge in [0.1, 0.15) is 5.82 Å². The van der Waals surface area contributed by atoms with Crippen molar-refractivity contribution in [3.8, 4) is 22.5 Å². The number of ether oxygens (including phenoxy) is 2. The maximum atomic E-state index is 5.77. The van der Waals surface area contributed by atoms with Crippen LogP contribution in [0.5, 0.6) is 0 Å². The zero-order chi connectivity index (χ0) is 25.3. The molecule has 2 heterocycles. The molecule has 0 aliphatic carbocycles. The first kappa shape index (κ1) is 25.7. The summed E-state index contributed by atoms with van der Waals surface area (Å²) in [6.07, 6.45) is 2.32. The highest BCUT2D eigenvalue weighted by Gasteiger charge is 2.21. The van der Waals surface area contributed by atoms with E-state index in [1.54, 1.807) is 0 Å². The van der Waals surface area contributed by atoms with Crippen molar-refractivity contribution in [3.05, 3.63) is 65.7 Å². The molecule has 2 aromatic heterocycles. The van der Waals surface area contributed by atoms with Gasteiger partial charge in [0.25, 0.3) is 0 Å². The van der Waals surface area contributed by atoms with Gasteiger partial charge >= 0.3 is 0 Å². The molecule has 0 aliphatic heterocycles. The van der Waals surface area contributed by atoms with Crippen molar-refractivity contribution in [2.45, 2.75) is 59.8 Å². The van der Waals surface area contributed by atoms with Crippen LogP contribution in [0.3, 0.4) is 0 Å². The predicted octanol–water partition coefficient (Wildman–Crippen LogP) is 5.22. The van der Waals surface area contributed by atoms with E-state index in [4.69, 9.17) is 19.6 Å². The van der Waals surface area contributed by atoms with Gasteiger partial charge in [-0.05, 0) is 46.9 Å². The fraction of sp³-hybridized carbons (Fsp3) is 0.444. The van der Waals surface area contributed by atoms with E-state index in [1.807, 2.05) is 36.7 Å². The van der Waals surface area contributed by atoms with Gasteiger partial charge in [-0.25, -0.2) is 14.8 Å². The number of hydrogen-bond donors (Lipinski definition) is 1. The van der Waals surface area contributed by atoms with Gasteiger partial charge in [0, 0.05) is 31.7 Å². The Bertz CT molecular complexity index is 1200. The van der Waals surface area contributed by atoms with Gasteiger partial charge in [-0.3, -0.25) is 0 Å². The Hall–Kier alpha value is -3.43. The molecule has 0 spiro atoms. The lowest BCUT2D eigenvalue weighted by atomic mass is 9.97. The van der Waals surface area contributed by atoms with Crippen LogP contribution in [-0.4, -0.2) is 48.6 Å². The molecule has 4 rings (SSSR count). The Labute approximate surface area is 212 Å². The summed E-state index contributed by atoms with van der Waals surface area (Å²) >= 11 is 0. The van der Waals surface area contributed by atoms with Gasteiger partial charge in [0.05, 0.1) is 0 Å². The average molecular weight is 490 g/mol. The Kier molecular flexibility index (Phi) is 8.91. The van der Waals surface area contributed by atoms with Crippen LogP contribution >= 0.6 is 0 Å². The Balaban J connectivity index is 1.60. The van der Waals surface area contributed by atoms with Crippen molar-refractivity contribution in [1.29, 1.82) is 0 Å². The molecule has 9 heteroatoms. The van der Waals surface area contributed by atoms with E-state index in [2.05, 4.69) is 64.8 Å². The molecule has 0 aliphatic rings. The predicted molar refractivity (Wildman–Crippen MR) is 138 cm³/mol. The second-order valence-corrected chi connectivity index (χ2v) is 8.66. The van der Waals surface area contributed by atoms with Gasteiger partial charge in [-0.15, -0.1) is 5.10 Å². The van der Waals surface area contributed by atoms with Crippen molar-refractivity contribution < 1.29 is 9.47 Å². The molecule has 0 amide bonds. The maximum Gasteiger partial charge on any atom is 0.221 e. The second kappa shape index (κ2) is 12.5. The highest BCUT2D eigenvalue weighted by atomic mass is 16.7. The van der Waals surface area contributed by atoms with Crippen molar-refractivity contribution in [1.82, 2.24) is 35.4 Å². The quantitative estimate of drug-likeness (QED) is 0.257. The van der Waals surface area contributed by atoms with Gasteiger partial charge in [0.15, 0.2) is 5.82 Å². The third-order valence-corrected chi connectivity index (χ3v) is 6.35. The van der Waals surface area contributed by atoms with Crippen LogP contribution in [0.25, 0.3) is 22.5 Å². The summed E-state index contributed by atoms with van der Waals surface area (Å²) in [4.78, 5) is 4.87. The second-order valence-electron chi connectivity index (χ2n) is 8.66. The molecule has 0 unspecified atom stereocenters. The molecule has 190 valence electrons. The molecule has 0 radical (unpaired) electrons. The molecule has 0 saturated heterocycles. The summed E-state index contributed by atoms with van der Waals surface area (Å²) in [5.41, 5.74) is 4.28. The smallest absolute Gasteiger partial charge is 0.221 e. The molecule has 9 nitrogen and oxygen atoms in total. The number of nitrogens with zero attached hydrogens (tertiary/aromatic N) is 6. The fourth-order valence-corrected chi connectivity index (χ4v) is 4.26. The summed E-state index contributed by atoms with van der Waals surface area (Å²) in [6.45, 7) is 10.2. The van der Waals surface area contributed by atoms with Crippen molar-refractivity contribution >= 4 is 0 Å². The van der Waals surface area contributed by atoms with Gasteiger partial charge in [-0.2, -0.15) is 5.10 Å². The minimum Gasteiger partial charge on any atom is -0.346 e. The molecule has 36 heavy (non-hydrogen) atoms. The lowest BCUT2D eigenvalue weighted by Crippen LogP contribution is -2.15. The first-order valence-electron chi connectivity index (χ1n) is 12.8. The van der Waals surface area contributed by atoms with Gasteiger partial charge < -0.3 is 9.47 Å². The normalized spacial score (nSPS) is 11.6. The zero-order valence-electron chi connectivity index (χ0n) is 21.5. The van der Waals surface area contributed by atoms with Crippen molar-refractivity contribution in [2.24, 2.45) is 5.92 Å². The van der Waals surface area contributed by atoms with Crippen LogP contribution in [0.15, 0.2) is 48.5 Å². The molecular formula is C27H35N7O2. The lowest BCUT2D eigenvalue weighted by molar-refractivity contribution is -0.145. The largest absolute Gasteiger partial charge is 0.346 e. The number of benzene rings is 2. The van der Waals surface area contributed by atoms with E-state index >= 15 is 0 Å². The first-order chi connectivity index (χ1) is 17.7. The van der Waals surface area contributed by atoms with E-state index in [9.17, 15) is 0 Å². The highest BCUT2D eigenvalue weighted by Crippen LogP contribution is 2.30. The molecule has 4 aromatic rings. The molecule has 2 aromatic carbocycles. The van der Waals surface area contributed by atoms with E-state index < -0.39 is 6.29 Å². The molecule has 0 atom stereocenters. The van der Waals surface area contributed by atoms with Crippen LogP contribution < -0.4 is 0 Å². The number of aromatic amines is 1. The van der Waals surface area contributed by atoms with Crippen molar-refractivity contribution in [2.75, 3.05) is 13.2 Å². The Morgan fingerprint density at radius 2 is 1.58 bits per heavy atom. The summed E-state index contributed by atoms with van der Waals surface area (Å²) < 4.78 is 13.6. The van der Waals surface area contributed by atoms with Crippen LogP contribution in [0, 0.1) is 5.92 Å². The zero-order valence-corrected chi connectivity index (χ0v) is 21.5. The van der Waals surface area contributed by atoms with Crippen molar-refractivity contribution in [3.63, 3.8) is 0 Å². The minimum absolute atomic E-state index is 0.536. The topological polar surface area (TPSA) is 104 Å². The van der Waals surface area contributed by atoms with Gasteiger partial charge in [0.2, 0.25) is 12.1 Å². The van der Waals surface area contributed by atoms with Crippen LogP contribution in [0.4, 0.5) is 0 Å². The SMILES string of the molecule is CCOC(OCC)c1nc(Cc2ccc(-c3ccccc3-c3nnn[nH]3)cc2)n(CC(CC)CC)n1. The third kappa shape index (κ3) is 6.03. The number of rotatable bonds is 13. The highest BCUT2D eigenvalue weighted by molar-refractivity contribution is 5.80. The van der Waals surface area contributed by atoms with E-state index in [0.717, 1.165) is 47.5 Å². The molecule has 0 bridgehead atoms. The molecule has 0 saturated carbocycles. The average Bonchev–Trinajstić information content (AvgIpc) is 3.58. The Morgan fingerprint density at radius 1 is 0.889 bits per heavy atom. The number of hydrogen-bond acceptors (Lipinski definition) is 7. The van der Waals surface area contributed by atoms with E-state index in [0.29, 0.717) is 37.2 Å². The minimum atomic E-state index is -0.550. The fourth-order valence-electron chi connectivity index (χ4n) is 4.26. The Morgan fingerprint density at radius 3 is 2.19 bits per heavy atom. The number of tetrazole rings is 1. The van der Waals surface area contributed by atoms with Crippen LogP contribution in [0.1, 0.15) is 64.0 Å².